The smallest absolute Gasteiger partial charge is 0.193 e. The molecular weight excluding hydrogens is 248 g/mol. The van der Waals surface area contributed by atoms with Crippen molar-refractivity contribution in [2.75, 3.05) is 26.2 Å². The average Bonchev–Trinajstić information content (AvgIpc) is 2.77. The summed E-state index contributed by atoms with van der Waals surface area (Å²) in [7, 11) is 0. The number of hydrogen-bond acceptors (Lipinski definition) is 3. The van der Waals surface area contributed by atoms with Crippen LogP contribution in [0.4, 0.5) is 0 Å². The molecule has 4 heteroatoms. The van der Waals surface area contributed by atoms with Gasteiger partial charge in [-0.3, -0.25) is 4.90 Å². The third kappa shape index (κ3) is 3.74. The summed E-state index contributed by atoms with van der Waals surface area (Å²) < 4.78 is 5.63. The van der Waals surface area contributed by atoms with Gasteiger partial charge in [-0.05, 0) is 42.5 Å². The van der Waals surface area contributed by atoms with Gasteiger partial charge in [-0.15, -0.1) is 0 Å². The number of furan rings is 1. The summed E-state index contributed by atoms with van der Waals surface area (Å²) in [6.45, 7) is 8.83. The highest BCUT2D eigenvalue weighted by Gasteiger charge is 2.24. The van der Waals surface area contributed by atoms with E-state index in [0.717, 1.165) is 44.3 Å². The van der Waals surface area contributed by atoms with Gasteiger partial charge in [-0.1, -0.05) is 13.8 Å². The molecule has 0 unspecified atom stereocenters. The standard InChI is InChI=1S/C14H23ClN2O/c1-11(2)3-4-12(13-5-6-14(15)18-13)17-9-7-16-8-10-17/h5-6,11-12,16H,3-4,7-10H2,1-2H3/t12-/m0/s1. The molecule has 1 aliphatic heterocycles. The quantitative estimate of drug-likeness (QED) is 0.890. The predicted octanol–water partition coefficient (Wildman–Crippen LogP) is 3.32. The summed E-state index contributed by atoms with van der Waals surface area (Å²) in [6.07, 6.45) is 2.36. The Hall–Kier alpha value is -0.510. The number of nitrogens with zero attached hydrogens (tertiary/aromatic N) is 1. The Bertz CT molecular complexity index is 358. The van der Waals surface area contributed by atoms with E-state index in [2.05, 4.69) is 24.1 Å². The van der Waals surface area contributed by atoms with Gasteiger partial charge in [0.2, 0.25) is 0 Å². The van der Waals surface area contributed by atoms with Crippen molar-refractivity contribution in [3.63, 3.8) is 0 Å². The minimum atomic E-state index is 0.377. The Morgan fingerprint density at radius 1 is 1.28 bits per heavy atom. The van der Waals surface area contributed by atoms with Crippen LogP contribution in [0.1, 0.15) is 38.5 Å². The van der Waals surface area contributed by atoms with Crippen molar-refractivity contribution >= 4 is 11.6 Å². The molecule has 1 aliphatic rings. The first-order valence-electron chi connectivity index (χ1n) is 6.87. The van der Waals surface area contributed by atoms with Crippen LogP contribution < -0.4 is 5.32 Å². The van der Waals surface area contributed by atoms with E-state index in [1.54, 1.807) is 0 Å². The maximum Gasteiger partial charge on any atom is 0.193 e. The second-order valence-corrected chi connectivity index (χ2v) is 5.79. The lowest BCUT2D eigenvalue weighted by atomic mass is 10.00. The van der Waals surface area contributed by atoms with E-state index in [0.29, 0.717) is 11.3 Å². The summed E-state index contributed by atoms with van der Waals surface area (Å²) in [5.41, 5.74) is 0. The molecule has 1 saturated heterocycles. The first-order valence-corrected chi connectivity index (χ1v) is 7.24. The largest absolute Gasteiger partial charge is 0.448 e. The fourth-order valence-electron chi connectivity index (χ4n) is 2.50. The minimum absolute atomic E-state index is 0.377. The van der Waals surface area contributed by atoms with Gasteiger partial charge in [0.15, 0.2) is 5.22 Å². The van der Waals surface area contributed by atoms with E-state index in [9.17, 15) is 0 Å². The molecule has 0 radical (unpaired) electrons. The normalized spacial score (nSPS) is 19.3. The zero-order valence-electron chi connectivity index (χ0n) is 11.3. The molecule has 3 nitrogen and oxygen atoms in total. The Labute approximate surface area is 114 Å². The van der Waals surface area contributed by atoms with E-state index in [1.807, 2.05) is 12.1 Å². The fourth-order valence-corrected chi connectivity index (χ4v) is 2.65. The lowest BCUT2D eigenvalue weighted by molar-refractivity contribution is 0.141. The Kier molecular flexibility index (Phi) is 5.10. The molecule has 1 aromatic heterocycles. The van der Waals surface area contributed by atoms with Crippen LogP contribution in [0.3, 0.4) is 0 Å². The highest BCUT2D eigenvalue weighted by molar-refractivity contribution is 6.28. The molecule has 0 amide bonds. The molecule has 0 bridgehead atoms. The van der Waals surface area contributed by atoms with Gasteiger partial charge in [0.1, 0.15) is 5.76 Å². The van der Waals surface area contributed by atoms with Gasteiger partial charge in [0.25, 0.3) is 0 Å². The number of hydrogen-bond donors (Lipinski definition) is 1. The molecule has 0 saturated carbocycles. The first kappa shape index (κ1) is 13.9. The Balaban J connectivity index is 2.06. The Morgan fingerprint density at radius 2 is 2.00 bits per heavy atom. The van der Waals surface area contributed by atoms with Gasteiger partial charge in [-0.2, -0.15) is 0 Å². The predicted molar refractivity (Wildman–Crippen MR) is 75.0 cm³/mol. The second-order valence-electron chi connectivity index (χ2n) is 5.41. The third-order valence-corrected chi connectivity index (χ3v) is 3.74. The van der Waals surface area contributed by atoms with Gasteiger partial charge in [-0.25, -0.2) is 0 Å². The molecule has 102 valence electrons. The van der Waals surface area contributed by atoms with E-state index in [4.69, 9.17) is 16.0 Å². The van der Waals surface area contributed by atoms with Gasteiger partial charge >= 0.3 is 0 Å². The van der Waals surface area contributed by atoms with Crippen LogP contribution in [0.25, 0.3) is 0 Å². The molecule has 0 spiro atoms. The zero-order valence-corrected chi connectivity index (χ0v) is 12.0. The maximum absolute atomic E-state index is 5.91. The maximum atomic E-state index is 5.91. The molecule has 0 aromatic carbocycles. The monoisotopic (exact) mass is 270 g/mol. The van der Waals surface area contributed by atoms with Crippen molar-refractivity contribution in [3.8, 4) is 0 Å². The van der Waals surface area contributed by atoms with Crippen LogP contribution in [0.5, 0.6) is 0 Å². The molecular formula is C14H23ClN2O. The molecule has 0 aliphatic carbocycles. The number of piperazine rings is 1. The van der Waals surface area contributed by atoms with Crippen molar-refractivity contribution in [2.45, 2.75) is 32.7 Å². The fraction of sp³-hybridized carbons (Fsp3) is 0.714. The van der Waals surface area contributed by atoms with Crippen molar-refractivity contribution in [3.05, 3.63) is 23.1 Å². The van der Waals surface area contributed by atoms with Gasteiger partial charge in [0.05, 0.1) is 6.04 Å². The molecule has 18 heavy (non-hydrogen) atoms. The summed E-state index contributed by atoms with van der Waals surface area (Å²) in [6, 6.07) is 4.25. The van der Waals surface area contributed by atoms with Crippen LogP contribution in [0, 0.1) is 5.92 Å². The lowest BCUT2D eigenvalue weighted by Crippen LogP contribution is -2.45. The van der Waals surface area contributed by atoms with Crippen molar-refractivity contribution in [2.24, 2.45) is 5.92 Å². The number of rotatable bonds is 5. The molecule has 1 fully saturated rings. The van der Waals surface area contributed by atoms with Crippen molar-refractivity contribution < 1.29 is 4.42 Å². The van der Waals surface area contributed by atoms with E-state index in [1.165, 1.54) is 6.42 Å². The number of nitrogens with one attached hydrogen (secondary N) is 1. The van der Waals surface area contributed by atoms with E-state index >= 15 is 0 Å². The third-order valence-electron chi connectivity index (χ3n) is 3.53. The van der Waals surface area contributed by atoms with Crippen molar-refractivity contribution in [1.82, 2.24) is 10.2 Å². The zero-order chi connectivity index (χ0) is 13.0. The summed E-state index contributed by atoms with van der Waals surface area (Å²) in [5, 5.41) is 3.89. The lowest BCUT2D eigenvalue weighted by Gasteiger charge is -2.34. The van der Waals surface area contributed by atoms with E-state index in [-0.39, 0.29) is 0 Å². The van der Waals surface area contributed by atoms with Gasteiger partial charge < -0.3 is 9.73 Å². The van der Waals surface area contributed by atoms with Crippen LogP contribution >= 0.6 is 11.6 Å². The molecule has 1 atom stereocenters. The molecule has 1 N–H and O–H groups in total. The minimum Gasteiger partial charge on any atom is -0.448 e. The topological polar surface area (TPSA) is 28.4 Å². The Morgan fingerprint density at radius 3 is 2.56 bits per heavy atom. The molecule has 1 aromatic rings. The number of halogens is 1. The summed E-state index contributed by atoms with van der Waals surface area (Å²) in [4.78, 5) is 2.51. The summed E-state index contributed by atoms with van der Waals surface area (Å²) >= 11 is 5.91. The van der Waals surface area contributed by atoms with E-state index < -0.39 is 0 Å². The second kappa shape index (κ2) is 6.60. The average molecular weight is 271 g/mol. The molecule has 2 heterocycles. The molecule has 2 rings (SSSR count). The van der Waals surface area contributed by atoms with Crippen LogP contribution in [0.2, 0.25) is 5.22 Å². The van der Waals surface area contributed by atoms with Crippen LogP contribution in [-0.2, 0) is 0 Å². The van der Waals surface area contributed by atoms with Crippen molar-refractivity contribution in [1.29, 1.82) is 0 Å². The first-order chi connectivity index (χ1) is 8.66. The highest BCUT2D eigenvalue weighted by Crippen LogP contribution is 2.30. The van der Waals surface area contributed by atoms with Crippen LogP contribution in [0.15, 0.2) is 16.5 Å². The van der Waals surface area contributed by atoms with Gasteiger partial charge in [0, 0.05) is 26.2 Å². The summed E-state index contributed by atoms with van der Waals surface area (Å²) in [5.74, 6) is 1.74. The van der Waals surface area contributed by atoms with Crippen LogP contribution in [-0.4, -0.2) is 31.1 Å². The SMILES string of the molecule is CC(C)CC[C@@H](c1ccc(Cl)o1)N1CCNCC1. The highest BCUT2D eigenvalue weighted by atomic mass is 35.5.